The van der Waals surface area contributed by atoms with Crippen LogP contribution in [0.5, 0.6) is 5.75 Å². The van der Waals surface area contributed by atoms with Gasteiger partial charge in [0.2, 0.25) is 0 Å². The molecule has 104 valence electrons. The number of hydrogen-bond acceptors (Lipinski definition) is 2. The number of halogens is 1. The van der Waals surface area contributed by atoms with Gasteiger partial charge in [-0.25, -0.2) is 0 Å². The number of aryl methyl sites for hydroxylation is 1. The molecule has 1 N–H and O–H groups in total. The summed E-state index contributed by atoms with van der Waals surface area (Å²) < 4.78 is 0. The highest BCUT2D eigenvalue weighted by Crippen LogP contribution is 2.18. The third-order valence-corrected chi connectivity index (χ3v) is 3.38. The monoisotopic (exact) mass is 289 g/mol. The highest BCUT2D eigenvalue weighted by Gasteiger charge is 2.13. The quantitative estimate of drug-likeness (QED) is 0.937. The van der Waals surface area contributed by atoms with Gasteiger partial charge in [0.05, 0.1) is 0 Å². The average molecular weight is 290 g/mol. The van der Waals surface area contributed by atoms with Crippen LogP contribution in [0.2, 0.25) is 5.02 Å². The van der Waals surface area contributed by atoms with E-state index >= 15 is 0 Å². The largest absolute Gasteiger partial charge is 0.508 e. The minimum atomic E-state index is -0.0805. The lowest BCUT2D eigenvalue weighted by atomic mass is 10.1. The average Bonchev–Trinajstić information content (AvgIpc) is 2.43. The molecule has 2 aromatic carbocycles. The third kappa shape index (κ3) is 3.31. The highest BCUT2D eigenvalue weighted by molar-refractivity contribution is 6.30. The van der Waals surface area contributed by atoms with Crippen LogP contribution in [-0.4, -0.2) is 23.0 Å². The molecule has 3 nitrogen and oxygen atoms in total. The minimum Gasteiger partial charge on any atom is -0.508 e. The standard InChI is InChI=1S/C16H16ClNO2/c1-11-9-13(5-8-15(11)19)16(20)18(2)10-12-3-6-14(17)7-4-12/h3-9,19H,10H2,1-2H3. The first-order chi connectivity index (χ1) is 9.47. The second-order valence-corrected chi connectivity index (χ2v) is 5.23. The smallest absolute Gasteiger partial charge is 0.253 e. The first-order valence-corrected chi connectivity index (χ1v) is 6.64. The Bertz CT molecular complexity index is 623. The lowest BCUT2D eigenvalue weighted by Gasteiger charge is -2.18. The molecular formula is C16H16ClNO2. The first-order valence-electron chi connectivity index (χ1n) is 6.27. The van der Waals surface area contributed by atoms with Crippen LogP contribution in [-0.2, 0) is 6.54 Å². The van der Waals surface area contributed by atoms with E-state index in [0.29, 0.717) is 22.7 Å². The summed E-state index contributed by atoms with van der Waals surface area (Å²) in [6.45, 7) is 2.28. The number of nitrogens with zero attached hydrogens (tertiary/aromatic N) is 1. The van der Waals surface area contributed by atoms with Gasteiger partial charge in [-0.15, -0.1) is 0 Å². The Morgan fingerprint density at radius 2 is 1.85 bits per heavy atom. The Morgan fingerprint density at radius 3 is 2.45 bits per heavy atom. The molecule has 20 heavy (non-hydrogen) atoms. The van der Waals surface area contributed by atoms with Crippen LogP contribution >= 0.6 is 11.6 Å². The minimum absolute atomic E-state index is 0.0805. The molecule has 2 rings (SSSR count). The fraction of sp³-hybridized carbons (Fsp3) is 0.188. The Morgan fingerprint density at radius 1 is 1.20 bits per heavy atom. The molecule has 0 heterocycles. The van der Waals surface area contributed by atoms with Gasteiger partial charge in [-0.05, 0) is 48.4 Å². The van der Waals surface area contributed by atoms with Crippen molar-refractivity contribution in [1.82, 2.24) is 4.90 Å². The van der Waals surface area contributed by atoms with Gasteiger partial charge in [0.25, 0.3) is 5.91 Å². The Labute approximate surface area is 123 Å². The number of aromatic hydroxyl groups is 1. The van der Waals surface area contributed by atoms with Gasteiger partial charge in [-0.2, -0.15) is 0 Å². The first kappa shape index (κ1) is 14.4. The van der Waals surface area contributed by atoms with Crippen LogP contribution in [0.25, 0.3) is 0 Å². The van der Waals surface area contributed by atoms with E-state index in [-0.39, 0.29) is 11.7 Å². The zero-order valence-electron chi connectivity index (χ0n) is 11.4. The summed E-state index contributed by atoms with van der Waals surface area (Å²) in [5, 5.41) is 10.2. The van der Waals surface area contributed by atoms with Crippen LogP contribution < -0.4 is 0 Å². The second kappa shape index (κ2) is 5.97. The zero-order chi connectivity index (χ0) is 14.7. The van der Waals surface area contributed by atoms with Crippen molar-refractivity contribution in [2.75, 3.05) is 7.05 Å². The van der Waals surface area contributed by atoms with E-state index < -0.39 is 0 Å². The molecule has 0 aliphatic carbocycles. The lowest BCUT2D eigenvalue weighted by molar-refractivity contribution is 0.0785. The van der Waals surface area contributed by atoms with Crippen LogP contribution in [0.15, 0.2) is 42.5 Å². The van der Waals surface area contributed by atoms with Crippen LogP contribution in [0.1, 0.15) is 21.5 Å². The molecule has 0 aromatic heterocycles. The molecule has 0 atom stereocenters. The van der Waals surface area contributed by atoms with Crippen molar-refractivity contribution >= 4 is 17.5 Å². The molecule has 4 heteroatoms. The van der Waals surface area contributed by atoms with E-state index in [0.717, 1.165) is 5.56 Å². The van der Waals surface area contributed by atoms with Crippen LogP contribution in [0, 0.1) is 6.92 Å². The molecule has 2 aromatic rings. The molecule has 0 bridgehead atoms. The van der Waals surface area contributed by atoms with Gasteiger partial charge in [0.15, 0.2) is 0 Å². The molecule has 0 radical (unpaired) electrons. The predicted molar refractivity (Wildman–Crippen MR) is 80.1 cm³/mol. The van der Waals surface area contributed by atoms with Crippen molar-refractivity contribution in [2.45, 2.75) is 13.5 Å². The summed E-state index contributed by atoms with van der Waals surface area (Å²) in [5.74, 6) is 0.116. The molecule has 0 spiro atoms. The van der Waals surface area contributed by atoms with E-state index in [1.807, 2.05) is 12.1 Å². The topological polar surface area (TPSA) is 40.5 Å². The van der Waals surface area contributed by atoms with Gasteiger partial charge in [0, 0.05) is 24.2 Å². The maximum absolute atomic E-state index is 12.3. The number of carbonyl (C=O) groups excluding carboxylic acids is 1. The van der Waals surface area contributed by atoms with E-state index in [1.54, 1.807) is 49.2 Å². The number of phenols is 1. The molecule has 0 fully saturated rings. The number of rotatable bonds is 3. The maximum atomic E-state index is 12.3. The number of carbonyl (C=O) groups is 1. The summed E-state index contributed by atoms with van der Waals surface area (Å²) in [6.07, 6.45) is 0. The number of hydrogen-bond donors (Lipinski definition) is 1. The Hall–Kier alpha value is -2.00. The molecule has 0 aliphatic heterocycles. The van der Waals surface area contributed by atoms with Crippen molar-refractivity contribution in [3.63, 3.8) is 0 Å². The Kier molecular flexibility index (Phi) is 4.30. The van der Waals surface area contributed by atoms with Crippen LogP contribution in [0.4, 0.5) is 0 Å². The molecule has 0 aliphatic rings. The summed E-state index contributed by atoms with van der Waals surface area (Å²) in [5.41, 5.74) is 2.27. The summed E-state index contributed by atoms with van der Waals surface area (Å²) in [6, 6.07) is 12.3. The Balaban J connectivity index is 2.11. The fourth-order valence-corrected chi connectivity index (χ4v) is 2.07. The third-order valence-electron chi connectivity index (χ3n) is 3.12. The lowest BCUT2D eigenvalue weighted by Crippen LogP contribution is -2.26. The van der Waals surface area contributed by atoms with Gasteiger partial charge in [-0.1, -0.05) is 23.7 Å². The summed E-state index contributed by atoms with van der Waals surface area (Å²) in [4.78, 5) is 13.9. The van der Waals surface area contributed by atoms with Crippen LogP contribution in [0.3, 0.4) is 0 Å². The second-order valence-electron chi connectivity index (χ2n) is 4.79. The predicted octanol–water partition coefficient (Wildman–Crippen LogP) is 3.63. The van der Waals surface area contributed by atoms with Crippen molar-refractivity contribution in [1.29, 1.82) is 0 Å². The molecular weight excluding hydrogens is 274 g/mol. The van der Waals surface area contributed by atoms with Crippen molar-refractivity contribution in [2.24, 2.45) is 0 Å². The van der Waals surface area contributed by atoms with E-state index in [2.05, 4.69) is 0 Å². The fourth-order valence-electron chi connectivity index (χ4n) is 1.94. The summed E-state index contributed by atoms with van der Waals surface area (Å²) >= 11 is 5.83. The molecule has 1 amide bonds. The number of amides is 1. The zero-order valence-corrected chi connectivity index (χ0v) is 12.2. The molecule has 0 saturated carbocycles. The van der Waals surface area contributed by atoms with Gasteiger partial charge >= 0.3 is 0 Å². The highest BCUT2D eigenvalue weighted by atomic mass is 35.5. The SMILES string of the molecule is Cc1cc(C(=O)N(C)Cc2ccc(Cl)cc2)ccc1O. The maximum Gasteiger partial charge on any atom is 0.253 e. The van der Waals surface area contributed by atoms with E-state index in [9.17, 15) is 9.90 Å². The van der Waals surface area contributed by atoms with E-state index in [4.69, 9.17) is 11.6 Å². The number of benzene rings is 2. The molecule has 0 saturated heterocycles. The number of phenolic OH excluding ortho intramolecular Hbond substituents is 1. The van der Waals surface area contributed by atoms with Crippen molar-refractivity contribution < 1.29 is 9.90 Å². The van der Waals surface area contributed by atoms with Gasteiger partial charge in [0.1, 0.15) is 5.75 Å². The van der Waals surface area contributed by atoms with Crippen molar-refractivity contribution in [3.05, 3.63) is 64.2 Å². The van der Waals surface area contributed by atoms with E-state index in [1.165, 1.54) is 0 Å². The summed E-state index contributed by atoms with van der Waals surface area (Å²) in [7, 11) is 1.75. The van der Waals surface area contributed by atoms with Crippen molar-refractivity contribution in [3.8, 4) is 5.75 Å². The van der Waals surface area contributed by atoms with Gasteiger partial charge in [-0.3, -0.25) is 4.79 Å². The normalized spacial score (nSPS) is 10.3. The van der Waals surface area contributed by atoms with Gasteiger partial charge < -0.3 is 10.0 Å². The molecule has 0 unspecified atom stereocenters.